The van der Waals surface area contributed by atoms with Crippen molar-refractivity contribution in [1.82, 2.24) is 5.32 Å². The van der Waals surface area contributed by atoms with E-state index in [9.17, 15) is 4.79 Å². The number of allylic oxidation sites excluding steroid dienone is 1. The highest BCUT2D eigenvalue weighted by molar-refractivity contribution is 5.88. The van der Waals surface area contributed by atoms with Crippen LogP contribution in [-0.4, -0.2) is 12.5 Å². The number of hydrogen-bond acceptors (Lipinski definition) is 1. The van der Waals surface area contributed by atoms with E-state index in [1.54, 1.807) is 6.08 Å². The molecule has 1 amide bonds. The van der Waals surface area contributed by atoms with E-state index in [0.717, 1.165) is 12.1 Å². The second-order valence-corrected chi connectivity index (χ2v) is 4.50. The molecule has 12 heavy (non-hydrogen) atoms. The fourth-order valence-corrected chi connectivity index (χ4v) is 0.666. The lowest BCUT2D eigenvalue weighted by atomic mass is 9.97. The normalized spacial score (nSPS) is 10.8. The standard InChI is InChI=1S/C10H19NO/c1-8(2)6-9(12)11-7-10(3,4)5/h6H,7H2,1-5H3,(H,11,12). The molecule has 0 rings (SSSR count). The first-order valence-corrected chi connectivity index (χ1v) is 4.24. The summed E-state index contributed by atoms with van der Waals surface area (Å²) in [5, 5.41) is 2.84. The van der Waals surface area contributed by atoms with Crippen molar-refractivity contribution in [2.45, 2.75) is 34.6 Å². The Labute approximate surface area is 75.0 Å². The maximum absolute atomic E-state index is 11.1. The van der Waals surface area contributed by atoms with Crippen LogP contribution in [0, 0.1) is 5.41 Å². The molecule has 0 spiro atoms. The topological polar surface area (TPSA) is 29.1 Å². The van der Waals surface area contributed by atoms with Gasteiger partial charge in [-0.3, -0.25) is 4.79 Å². The van der Waals surface area contributed by atoms with Crippen LogP contribution < -0.4 is 5.32 Å². The molecule has 0 heterocycles. The van der Waals surface area contributed by atoms with E-state index in [0.29, 0.717) is 0 Å². The highest BCUT2D eigenvalue weighted by atomic mass is 16.1. The number of nitrogens with one attached hydrogen (secondary N) is 1. The fourth-order valence-electron chi connectivity index (χ4n) is 0.666. The lowest BCUT2D eigenvalue weighted by Gasteiger charge is -2.17. The maximum Gasteiger partial charge on any atom is 0.243 e. The summed E-state index contributed by atoms with van der Waals surface area (Å²) in [7, 11) is 0. The van der Waals surface area contributed by atoms with Crippen molar-refractivity contribution < 1.29 is 4.79 Å². The molecule has 1 N–H and O–H groups in total. The third-order valence-corrected chi connectivity index (χ3v) is 1.21. The van der Waals surface area contributed by atoms with Crippen molar-refractivity contribution in [3.8, 4) is 0 Å². The van der Waals surface area contributed by atoms with E-state index in [4.69, 9.17) is 0 Å². The first-order chi connectivity index (χ1) is 5.31. The van der Waals surface area contributed by atoms with Crippen molar-refractivity contribution in [2.75, 3.05) is 6.54 Å². The molecule has 0 unspecified atom stereocenters. The molecule has 0 aliphatic heterocycles. The summed E-state index contributed by atoms with van der Waals surface area (Å²) in [6.07, 6.45) is 1.62. The lowest BCUT2D eigenvalue weighted by Crippen LogP contribution is -2.31. The summed E-state index contributed by atoms with van der Waals surface area (Å²) in [6, 6.07) is 0. The van der Waals surface area contributed by atoms with Crippen molar-refractivity contribution in [2.24, 2.45) is 5.41 Å². The Morgan fingerprint density at radius 3 is 2.17 bits per heavy atom. The Morgan fingerprint density at radius 1 is 1.33 bits per heavy atom. The van der Waals surface area contributed by atoms with Crippen LogP contribution in [0.4, 0.5) is 0 Å². The van der Waals surface area contributed by atoms with Crippen LogP contribution in [0.25, 0.3) is 0 Å². The Bertz CT molecular complexity index is 183. The molecule has 0 saturated heterocycles. The third kappa shape index (κ3) is 7.32. The predicted molar refractivity (Wildman–Crippen MR) is 51.9 cm³/mol. The van der Waals surface area contributed by atoms with Crippen LogP contribution in [-0.2, 0) is 4.79 Å². The van der Waals surface area contributed by atoms with Crippen molar-refractivity contribution in [3.05, 3.63) is 11.6 Å². The van der Waals surface area contributed by atoms with Gasteiger partial charge in [0.1, 0.15) is 0 Å². The molecule has 0 radical (unpaired) electrons. The zero-order chi connectivity index (χ0) is 9.78. The minimum absolute atomic E-state index is 0.00456. The third-order valence-electron chi connectivity index (χ3n) is 1.21. The number of carbonyl (C=O) groups is 1. The minimum Gasteiger partial charge on any atom is -0.352 e. The van der Waals surface area contributed by atoms with E-state index in [-0.39, 0.29) is 11.3 Å². The Balaban J connectivity index is 3.81. The summed E-state index contributed by atoms with van der Waals surface area (Å²) >= 11 is 0. The van der Waals surface area contributed by atoms with E-state index >= 15 is 0 Å². The van der Waals surface area contributed by atoms with Gasteiger partial charge in [-0.2, -0.15) is 0 Å². The van der Waals surface area contributed by atoms with E-state index < -0.39 is 0 Å². The van der Waals surface area contributed by atoms with Gasteiger partial charge in [-0.05, 0) is 19.3 Å². The van der Waals surface area contributed by atoms with Gasteiger partial charge in [0.15, 0.2) is 0 Å². The Kier molecular flexibility index (Phi) is 4.01. The van der Waals surface area contributed by atoms with Gasteiger partial charge in [-0.1, -0.05) is 26.3 Å². The Morgan fingerprint density at radius 2 is 1.83 bits per heavy atom. The molecule has 0 atom stereocenters. The van der Waals surface area contributed by atoms with Gasteiger partial charge < -0.3 is 5.32 Å². The van der Waals surface area contributed by atoms with Crippen LogP contribution in [0.5, 0.6) is 0 Å². The summed E-state index contributed by atoms with van der Waals surface area (Å²) < 4.78 is 0. The van der Waals surface area contributed by atoms with Gasteiger partial charge in [0, 0.05) is 12.6 Å². The highest BCUT2D eigenvalue weighted by Crippen LogP contribution is 2.09. The molecule has 0 aromatic heterocycles. The molecule has 70 valence electrons. The molecule has 0 aromatic rings. The van der Waals surface area contributed by atoms with Crippen molar-refractivity contribution in [1.29, 1.82) is 0 Å². The second-order valence-electron chi connectivity index (χ2n) is 4.50. The number of hydrogen-bond donors (Lipinski definition) is 1. The molecule has 0 bridgehead atoms. The van der Waals surface area contributed by atoms with Gasteiger partial charge in [-0.25, -0.2) is 0 Å². The van der Waals surface area contributed by atoms with Crippen molar-refractivity contribution >= 4 is 5.91 Å². The quantitative estimate of drug-likeness (QED) is 0.630. The summed E-state index contributed by atoms with van der Waals surface area (Å²) in [6.45, 7) is 10.8. The summed E-state index contributed by atoms with van der Waals surface area (Å²) in [4.78, 5) is 11.1. The first kappa shape index (κ1) is 11.2. The predicted octanol–water partition coefficient (Wildman–Crippen LogP) is 2.11. The van der Waals surface area contributed by atoms with Gasteiger partial charge in [-0.15, -0.1) is 0 Å². The molecule has 2 heteroatoms. The molecule has 0 aromatic carbocycles. The number of amides is 1. The van der Waals surface area contributed by atoms with Gasteiger partial charge in [0.05, 0.1) is 0 Å². The van der Waals surface area contributed by atoms with Crippen LogP contribution >= 0.6 is 0 Å². The molecule has 0 aliphatic rings. The van der Waals surface area contributed by atoms with E-state index in [1.165, 1.54) is 0 Å². The van der Waals surface area contributed by atoms with E-state index in [1.807, 2.05) is 13.8 Å². The van der Waals surface area contributed by atoms with Crippen LogP contribution in [0.15, 0.2) is 11.6 Å². The molecule has 0 fully saturated rings. The largest absolute Gasteiger partial charge is 0.352 e. The minimum atomic E-state index is 0.00456. The zero-order valence-electron chi connectivity index (χ0n) is 8.69. The second kappa shape index (κ2) is 4.29. The summed E-state index contributed by atoms with van der Waals surface area (Å²) in [5.74, 6) is 0.00456. The molecular weight excluding hydrogens is 150 g/mol. The molecular formula is C10H19NO. The van der Waals surface area contributed by atoms with Crippen LogP contribution in [0.1, 0.15) is 34.6 Å². The van der Waals surface area contributed by atoms with Gasteiger partial charge in [0.2, 0.25) is 5.91 Å². The van der Waals surface area contributed by atoms with Gasteiger partial charge >= 0.3 is 0 Å². The maximum atomic E-state index is 11.1. The molecule has 2 nitrogen and oxygen atoms in total. The monoisotopic (exact) mass is 169 g/mol. The fraction of sp³-hybridized carbons (Fsp3) is 0.700. The zero-order valence-corrected chi connectivity index (χ0v) is 8.69. The number of carbonyl (C=O) groups excluding carboxylic acids is 1. The smallest absolute Gasteiger partial charge is 0.243 e. The number of rotatable bonds is 2. The highest BCUT2D eigenvalue weighted by Gasteiger charge is 2.10. The lowest BCUT2D eigenvalue weighted by molar-refractivity contribution is -0.116. The average Bonchev–Trinajstić information content (AvgIpc) is 1.80. The van der Waals surface area contributed by atoms with E-state index in [2.05, 4.69) is 26.1 Å². The van der Waals surface area contributed by atoms with Crippen LogP contribution in [0.3, 0.4) is 0 Å². The Hall–Kier alpha value is -0.790. The molecule has 0 aliphatic carbocycles. The summed E-state index contributed by atoms with van der Waals surface area (Å²) in [5.41, 5.74) is 1.19. The molecule has 0 saturated carbocycles. The van der Waals surface area contributed by atoms with Gasteiger partial charge in [0.25, 0.3) is 0 Å². The SMILES string of the molecule is CC(C)=CC(=O)NCC(C)(C)C. The average molecular weight is 169 g/mol. The first-order valence-electron chi connectivity index (χ1n) is 4.24. The van der Waals surface area contributed by atoms with Crippen LogP contribution in [0.2, 0.25) is 0 Å². The van der Waals surface area contributed by atoms with Crippen molar-refractivity contribution in [3.63, 3.8) is 0 Å².